The van der Waals surface area contributed by atoms with Crippen LogP contribution < -0.4 is 15.5 Å². The van der Waals surface area contributed by atoms with Gasteiger partial charge in [-0.25, -0.2) is 0 Å². The number of benzene rings is 1. The van der Waals surface area contributed by atoms with Crippen LogP contribution in [0.1, 0.15) is 38.3 Å². The van der Waals surface area contributed by atoms with Crippen LogP contribution >= 0.6 is 0 Å². The summed E-state index contributed by atoms with van der Waals surface area (Å²) in [7, 11) is 0. The minimum absolute atomic E-state index is 0.115. The van der Waals surface area contributed by atoms with Crippen LogP contribution in [0.25, 0.3) is 0 Å². The van der Waals surface area contributed by atoms with Crippen molar-refractivity contribution < 1.29 is 4.79 Å². The normalized spacial score (nSPS) is 17.5. The highest BCUT2D eigenvalue weighted by Crippen LogP contribution is 2.20. The molecule has 0 radical (unpaired) electrons. The number of hydrogen-bond donors (Lipinski definition) is 2. The molecule has 2 N–H and O–H groups in total. The summed E-state index contributed by atoms with van der Waals surface area (Å²) in [5.74, 6) is 0.115. The average Bonchev–Trinajstić information content (AvgIpc) is 2.69. The SMILES string of the molecule is CCCNC(C)c1ccc(N2CCCNC(=O)C2)cc1. The standard InChI is InChI=1S/C16H25N3O/c1-3-9-17-13(2)14-5-7-15(8-6-14)19-11-4-10-18-16(20)12-19/h5-8,13,17H,3-4,9-12H2,1-2H3,(H,18,20). The summed E-state index contributed by atoms with van der Waals surface area (Å²) in [6.45, 7) is 7.57. The zero-order valence-electron chi connectivity index (χ0n) is 12.5. The van der Waals surface area contributed by atoms with E-state index in [1.54, 1.807) is 0 Å². The van der Waals surface area contributed by atoms with E-state index in [1.165, 1.54) is 5.56 Å². The Morgan fingerprint density at radius 2 is 2.10 bits per heavy atom. The zero-order chi connectivity index (χ0) is 14.4. The van der Waals surface area contributed by atoms with Crippen LogP contribution in [0.15, 0.2) is 24.3 Å². The Labute approximate surface area is 121 Å². The molecule has 1 saturated heterocycles. The Balaban J connectivity index is 2.01. The van der Waals surface area contributed by atoms with Gasteiger partial charge in [-0.05, 0) is 44.0 Å². The Bertz CT molecular complexity index is 430. The van der Waals surface area contributed by atoms with Gasteiger partial charge in [0.1, 0.15) is 0 Å². The molecular formula is C16H25N3O. The van der Waals surface area contributed by atoms with Crippen molar-refractivity contribution in [2.45, 2.75) is 32.7 Å². The molecule has 20 heavy (non-hydrogen) atoms. The highest BCUT2D eigenvalue weighted by molar-refractivity contribution is 5.81. The molecule has 4 heteroatoms. The molecule has 0 spiro atoms. The largest absolute Gasteiger partial charge is 0.362 e. The Morgan fingerprint density at radius 1 is 1.35 bits per heavy atom. The first kappa shape index (κ1) is 14.9. The third-order valence-electron chi connectivity index (χ3n) is 3.72. The molecule has 4 nitrogen and oxygen atoms in total. The fourth-order valence-corrected chi connectivity index (χ4v) is 2.48. The molecule has 0 saturated carbocycles. The summed E-state index contributed by atoms with van der Waals surface area (Å²) in [6.07, 6.45) is 2.15. The monoisotopic (exact) mass is 275 g/mol. The summed E-state index contributed by atoms with van der Waals surface area (Å²) in [4.78, 5) is 13.7. The minimum atomic E-state index is 0.115. The molecule has 1 atom stereocenters. The van der Waals surface area contributed by atoms with E-state index in [0.717, 1.165) is 38.2 Å². The van der Waals surface area contributed by atoms with Gasteiger partial charge in [0.25, 0.3) is 0 Å². The number of carbonyl (C=O) groups excluding carboxylic acids is 1. The van der Waals surface area contributed by atoms with E-state index in [2.05, 4.69) is 53.6 Å². The molecule has 1 aromatic rings. The topological polar surface area (TPSA) is 44.4 Å². The van der Waals surface area contributed by atoms with Crippen LogP contribution in [0.5, 0.6) is 0 Å². The number of hydrogen-bond acceptors (Lipinski definition) is 3. The van der Waals surface area contributed by atoms with Gasteiger partial charge >= 0.3 is 0 Å². The first-order chi connectivity index (χ1) is 9.70. The van der Waals surface area contributed by atoms with E-state index < -0.39 is 0 Å². The van der Waals surface area contributed by atoms with E-state index in [1.807, 2.05) is 0 Å². The zero-order valence-corrected chi connectivity index (χ0v) is 12.5. The van der Waals surface area contributed by atoms with Gasteiger partial charge in [0.2, 0.25) is 5.91 Å². The molecule has 2 rings (SSSR count). The van der Waals surface area contributed by atoms with Gasteiger partial charge in [-0.1, -0.05) is 19.1 Å². The van der Waals surface area contributed by atoms with Gasteiger partial charge in [0, 0.05) is 24.8 Å². The minimum Gasteiger partial charge on any atom is -0.362 e. The molecule has 1 unspecified atom stereocenters. The van der Waals surface area contributed by atoms with Crippen LogP contribution in [0, 0.1) is 0 Å². The van der Waals surface area contributed by atoms with Crippen molar-refractivity contribution in [2.75, 3.05) is 31.1 Å². The summed E-state index contributed by atoms with van der Waals surface area (Å²) in [6, 6.07) is 8.93. The fourth-order valence-electron chi connectivity index (χ4n) is 2.48. The number of anilines is 1. The molecule has 0 aliphatic carbocycles. The summed E-state index contributed by atoms with van der Waals surface area (Å²) in [5, 5.41) is 6.39. The molecule has 1 aliphatic heterocycles. The highest BCUT2D eigenvalue weighted by Gasteiger charge is 2.15. The lowest BCUT2D eigenvalue weighted by Crippen LogP contribution is -2.33. The maximum Gasteiger partial charge on any atom is 0.239 e. The van der Waals surface area contributed by atoms with Crippen LogP contribution in [0.2, 0.25) is 0 Å². The van der Waals surface area contributed by atoms with E-state index >= 15 is 0 Å². The van der Waals surface area contributed by atoms with Gasteiger partial charge in [0.15, 0.2) is 0 Å². The quantitative estimate of drug-likeness (QED) is 0.864. The van der Waals surface area contributed by atoms with Crippen molar-refractivity contribution in [3.63, 3.8) is 0 Å². The molecule has 1 fully saturated rings. The Hall–Kier alpha value is -1.55. The van der Waals surface area contributed by atoms with E-state index in [0.29, 0.717) is 12.6 Å². The maximum atomic E-state index is 11.6. The second-order valence-corrected chi connectivity index (χ2v) is 5.39. The molecule has 0 aromatic heterocycles. The van der Waals surface area contributed by atoms with E-state index in [4.69, 9.17) is 0 Å². The molecule has 1 aromatic carbocycles. The first-order valence-corrected chi connectivity index (χ1v) is 7.55. The lowest BCUT2D eigenvalue weighted by molar-refractivity contribution is -0.119. The average molecular weight is 275 g/mol. The fraction of sp³-hybridized carbons (Fsp3) is 0.562. The predicted molar refractivity (Wildman–Crippen MR) is 83.0 cm³/mol. The molecule has 0 bridgehead atoms. The lowest BCUT2D eigenvalue weighted by atomic mass is 10.1. The smallest absolute Gasteiger partial charge is 0.239 e. The van der Waals surface area contributed by atoms with Crippen molar-refractivity contribution >= 4 is 11.6 Å². The van der Waals surface area contributed by atoms with Crippen molar-refractivity contribution in [1.82, 2.24) is 10.6 Å². The molecule has 1 amide bonds. The van der Waals surface area contributed by atoms with Crippen molar-refractivity contribution in [3.8, 4) is 0 Å². The van der Waals surface area contributed by atoms with Gasteiger partial charge in [0.05, 0.1) is 6.54 Å². The van der Waals surface area contributed by atoms with Crippen LogP contribution in [0.4, 0.5) is 5.69 Å². The first-order valence-electron chi connectivity index (χ1n) is 7.55. The van der Waals surface area contributed by atoms with Gasteiger partial charge in [-0.3, -0.25) is 4.79 Å². The molecular weight excluding hydrogens is 250 g/mol. The van der Waals surface area contributed by atoms with Gasteiger partial charge in [-0.2, -0.15) is 0 Å². The van der Waals surface area contributed by atoms with Crippen LogP contribution in [0.3, 0.4) is 0 Å². The predicted octanol–water partition coefficient (Wildman–Crippen LogP) is 2.07. The van der Waals surface area contributed by atoms with Crippen LogP contribution in [-0.4, -0.2) is 32.1 Å². The molecule has 1 heterocycles. The van der Waals surface area contributed by atoms with Gasteiger partial charge < -0.3 is 15.5 Å². The number of nitrogens with zero attached hydrogens (tertiary/aromatic N) is 1. The molecule has 1 aliphatic rings. The third kappa shape index (κ3) is 3.97. The lowest BCUT2D eigenvalue weighted by Gasteiger charge is -2.22. The Kier molecular flexibility index (Phi) is 5.41. The van der Waals surface area contributed by atoms with Crippen molar-refractivity contribution in [3.05, 3.63) is 29.8 Å². The number of carbonyl (C=O) groups is 1. The maximum absolute atomic E-state index is 11.6. The van der Waals surface area contributed by atoms with E-state index in [9.17, 15) is 4.79 Å². The Morgan fingerprint density at radius 3 is 2.80 bits per heavy atom. The summed E-state index contributed by atoms with van der Waals surface area (Å²) in [5.41, 5.74) is 2.43. The summed E-state index contributed by atoms with van der Waals surface area (Å²) < 4.78 is 0. The van der Waals surface area contributed by atoms with E-state index in [-0.39, 0.29) is 5.91 Å². The van der Waals surface area contributed by atoms with Crippen LogP contribution in [-0.2, 0) is 4.79 Å². The number of amides is 1. The van der Waals surface area contributed by atoms with Crippen molar-refractivity contribution in [1.29, 1.82) is 0 Å². The third-order valence-corrected chi connectivity index (χ3v) is 3.72. The highest BCUT2D eigenvalue weighted by atomic mass is 16.2. The summed E-state index contributed by atoms with van der Waals surface area (Å²) >= 11 is 0. The van der Waals surface area contributed by atoms with Crippen molar-refractivity contribution in [2.24, 2.45) is 0 Å². The second kappa shape index (κ2) is 7.29. The second-order valence-electron chi connectivity index (χ2n) is 5.39. The molecule has 110 valence electrons. The number of nitrogens with one attached hydrogen (secondary N) is 2. The number of rotatable bonds is 5. The van der Waals surface area contributed by atoms with Gasteiger partial charge in [-0.15, -0.1) is 0 Å².